The van der Waals surface area contributed by atoms with Crippen molar-refractivity contribution in [2.75, 3.05) is 92.5 Å². The van der Waals surface area contributed by atoms with Gasteiger partial charge in [-0.2, -0.15) is 0 Å². The minimum Gasteiger partial charge on any atom is -0.460 e. The lowest BCUT2D eigenvalue weighted by Gasteiger charge is -2.08. The zero-order valence-electron chi connectivity index (χ0n) is 16.3. The molecule has 0 aliphatic heterocycles. The Morgan fingerprint density at radius 2 is 0.926 bits per heavy atom. The van der Waals surface area contributed by atoms with E-state index in [1.807, 2.05) is 0 Å². The third kappa shape index (κ3) is 21.1. The lowest BCUT2D eigenvalue weighted by atomic mass is 10.4. The first-order chi connectivity index (χ1) is 13.2. The molecule has 160 valence electrons. The fourth-order valence-corrected chi connectivity index (χ4v) is 1.58. The molecule has 0 aromatic carbocycles. The number of esters is 1. The molecule has 0 saturated carbocycles. The molecule has 0 radical (unpaired) electrons. The van der Waals surface area contributed by atoms with E-state index < -0.39 is 5.97 Å². The maximum atomic E-state index is 11.1. The summed E-state index contributed by atoms with van der Waals surface area (Å²) in [5.41, 5.74) is 0.373. The van der Waals surface area contributed by atoms with Gasteiger partial charge in [0.1, 0.15) is 6.61 Å². The second-order valence-electron chi connectivity index (χ2n) is 5.31. The van der Waals surface area contributed by atoms with Crippen molar-refractivity contribution >= 4 is 5.97 Å². The van der Waals surface area contributed by atoms with Gasteiger partial charge in [0.15, 0.2) is 0 Å². The summed E-state index contributed by atoms with van der Waals surface area (Å²) in [6, 6.07) is 0. The lowest BCUT2D eigenvalue weighted by molar-refractivity contribution is -0.140. The Balaban J connectivity index is 3.05. The Morgan fingerprint density at radius 1 is 0.630 bits per heavy atom. The number of carbonyl (C=O) groups is 1. The van der Waals surface area contributed by atoms with Gasteiger partial charge < -0.3 is 38.3 Å². The van der Waals surface area contributed by atoms with E-state index in [0.717, 1.165) is 0 Å². The van der Waals surface area contributed by atoms with Crippen molar-refractivity contribution < 1.29 is 43.1 Å². The van der Waals surface area contributed by atoms with Crippen LogP contribution in [0.2, 0.25) is 0 Å². The average Bonchev–Trinajstić information content (AvgIpc) is 2.66. The van der Waals surface area contributed by atoms with E-state index in [9.17, 15) is 4.79 Å². The summed E-state index contributed by atoms with van der Waals surface area (Å²) in [6.45, 7) is 10.8. The van der Waals surface area contributed by atoms with Crippen LogP contribution >= 0.6 is 0 Å². The van der Waals surface area contributed by atoms with Crippen molar-refractivity contribution in [1.29, 1.82) is 0 Å². The third-order valence-corrected chi connectivity index (χ3v) is 2.90. The van der Waals surface area contributed by atoms with Crippen LogP contribution in [0.3, 0.4) is 0 Å². The van der Waals surface area contributed by atoms with Gasteiger partial charge in [-0.1, -0.05) is 6.58 Å². The Hall–Kier alpha value is -1.07. The Bertz CT molecular complexity index is 350. The molecule has 1 N–H and O–H groups in total. The third-order valence-electron chi connectivity index (χ3n) is 2.90. The zero-order chi connectivity index (χ0) is 20.0. The van der Waals surface area contributed by atoms with Gasteiger partial charge in [-0.25, -0.2) is 4.79 Å². The normalized spacial score (nSPS) is 10.9. The second kappa shape index (κ2) is 21.2. The molecular weight excluding hydrogens is 360 g/mol. The number of hydrogen-bond acceptors (Lipinski definition) is 9. The van der Waals surface area contributed by atoms with E-state index in [-0.39, 0.29) is 13.2 Å². The fourth-order valence-electron chi connectivity index (χ4n) is 1.58. The van der Waals surface area contributed by atoms with Gasteiger partial charge in [0.05, 0.1) is 85.9 Å². The van der Waals surface area contributed by atoms with Crippen LogP contribution in [0.1, 0.15) is 6.92 Å². The second-order valence-corrected chi connectivity index (χ2v) is 5.31. The summed E-state index contributed by atoms with van der Waals surface area (Å²) in [6.07, 6.45) is 0. The van der Waals surface area contributed by atoms with Crippen molar-refractivity contribution in [2.45, 2.75) is 6.92 Å². The number of aliphatic hydroxyl groups is 1. The van der Waals surface area contributed by atoms with E-state index in [4.69, 9.17) is 38.3 Å². The summed E-state index contributed by atoms with van der Waals surface area (Å²) < 4.78 is 36.5. The minimum absolute atomic E-state index is 0.0245. The van der Waals surface area contributed by atoms with Crippen LogP contribution in [0.15, 0.2) is 12.2 Å². The number of ether oxygens (including phenoxy) is 7. The number of aliphatic hydroxyl groups excluding tert-OH is 1. The smallest absolute Gasteiger partial charge is 0.333 e. The summed E-state index contributed by atoms with van der Waals surface area (Å²) in [4.78, 5) is 11.1. The first-order valence-corrected chi connectivity index (χ1v) is 9.08. The Kier molecular flexibility index (Phi) is 20.4. The summed E-state index contributed by atoms with van der Waals surface area (Å²) in [5.74, 6) is -0.410. The van der Waals surface area contributed by atoms with Crippen molar-refractivity contribution in [3.8, 4) is 0 Å². The molecule has 0 amide bonds. The zero-order valence-corrected chi connectivity index (χ0v) is 16.3. The van der Waals surface area contributed by atoms with Crippen LogP contribution in [-0.2, 0) is 38.0 Å². The maximum Gasteiger partial charge on any atom is 0.333 e. The van der Waals surface area contributed by atoms with Crippen molar-refractivity contribution in [3.63, 3.8) is 0 Å². The predicted octanol–water partition coefficient (Wildman–Crippen LogP) is 0.198. The highest BCUT2D eigenvalue weighted by Crippen LogP contribution is 1.91. The highest BCUT2D eigenvalue weighted by molar-refractivity contribution is 5.86. The summed E-state index contributed by atoms with van der Waals surface area (Å²) >= 11 is 0. The van der Waals surface area contributed by atoms with Gasteiger partial charge in [-0.05, 0) is 6.92 Å². The van der Waals surface area contributed by atoms with E-state index in [2.05, 4.69) is 6.58 Å². The quantitative estimate of drug-likeness (QED) is 0.166. The monoisotopic (exact) mass is 394 g/mol. The first-order valence-electron chi connectivity index (χ1n) is 9.08. The molecule has 0 aliphatic rings. The number of hydrogen-bond donors (Lipinski definition) is 1. The van der Waals surface area contributed by atoms with Gasteiger partial charge >= 0.3 is 5.97 Å². The molecule has 27 heavy (non-hydrogen) atoms. The van der Waals surface area contributed by atoms with E-state index in [1.54, 1.807) is 6.92 Å². The largest absolute Gasteiger partial charge is 0.460 e. The Morgan fingerprint density at radius 3 is 1.22 bits per heavy atom. The molecule has 0 atom stereocenters. The average molecular weight is 394 g/mol. The first kappa shape index (κ1) is 25.9. The highest BCUT2D eigenvalue weighted by Gasteiger charge is 2.01. The molecule has 0 saturated heterocycles. The molecular formula is C18H34O9. The summed E-state index contributed by atoms with van der Waals surface area (Å²) in [5, 5.41) is 8.51. The number of carbonyl (C=O) groups excluding carboxylic acids is 1. The fraction of sp³-hybridized carbons (Fsp3) is 0.833. The molecule has 0 aromatic heterocycles. The van der Waals surface area contributed by atoms with Gasteiger partial charge in [-0.15, -0.1) is 0 Å². The molecule has 9 nitrogen and oxygen atoms in total. The van der Waals surface area contributed by atoms with Crippen LogP contribution in [0.5, 0.6) is 0 Å². The molecule has 9 heteroatoms. The highest BCUT2D eigenvalue weighted by atomic mass is 16.6. The molecule has 0 bridgehead atoms. The van der Waals surface area contributed by atoms with Crippen LogP contribution in [0, 0.1) is 0 Å². The molecule has 0 aromatic rings. The SMILES string of the molecule is C=C(C)C(=O)OCCOCCOCCOCCOCCOCCOCCO. The van der Waals surface area contributed by atoms with Gasteiger partial charge in [0, 0.05) is 5.57 Å². The van der Waals surface area contributed by atoms with E-state index in [1.165, 1.54) is 0 Å². The van der Waals surface area contributed by atoms with Crippen LogP contribution in [-0.4, -0.2) is 104 Å². The lowest BCUT2D eigenvalue weighted by Crippen LogP contribution is -2.15. The topological polar surface area (TPSA) is 102 Å². The van der Waals surface area contributed by atoms with Crippen molar-refractivity contribution in [1.82, 2.24) is 0 Å². The molecule has 0 heterocycles. The van der Waals surface area contributed by atoms with Crippen LogP contribution in [0.4, 0.5) is 0 Å². The minimum atomic E-state index is -0.410. The standard InChI is InChI=1S/C18H34O9/c1-17(2)18(20)27-16-15-26-14-13-25-12-11-24-10-9-23-8-7-22-6-5-21-4-3-19/h19H,1,3-16H2,2H3. The summed E-state index contributed by atoms with van der Waals surface area (Å²) in [7, 11) is 0. The maximum absolute atomic E-state index is 11.1. The van der Waals surface area contributed by atoms with E-state index in [0.29, 0.717) is 84.9 Å². The van der Waals surface area contributed by atoms with Gasteiger partial charge in [-0.3, -0.25) is 0 Å². The molecule has 0 aliphatic carbocycles. The van der Waals surface area contributed by atoms with Gasteiger partial charge in [0.25, 0.3) is 0 Å². The molecule has 0 unspecified atom stereocenters. The predicted molar refractivity (Wildman–Crippen MR) is 97.8 cm³/mol. The van der Waals surface area contributed by atoms with Gasteiger partial charge in [0.2, 0.25) is 0 Å². The van der Waals surface area contributed by atoms with E-state index >= 15 is 0 Å². The molecule has 0 spiro atoms. The molecule has 0 fully saturated rings. The van der Waals surface area contributed by atoms with Crippen molar-refractivity contribution in [3.05, 3.63) is 12.2 Å². The van der Waals surface area contributed by atoms with Crippen LogP contribution in [0.25, 0.3) is 0 Å². The van der Waals surface area contributed by atoms with Crippen molar-refractivity contribution in [2.24, 2.45) is 0 Å². The van der Waals surface area contributed by atoms with Crippen LogP contribution < -0.4 is 0 Å². The molecule has 0 rings (SSSR count). The number of rotatable bonds is 21. The Labute approximate surface area is 161 Å².